The Morgan fingerprint density at radius 2 is 2.20 bits per heavy atom. The van der Waals surface area contributed by atoms with Gasteiger partial charge in [-0.25, -0.2) is 0 Å². The molecule has 1 fully saturated rings. The van der Waals surface area contributed by atoms with E-state index < -0.39 is 0 Å². The van der Waals surface area contributed by atoms with Gasteiger partial charge in [-0.3, -0.25) is 0 Å². The molecule has 1 saturated carbocycles. The third-order valence-electron chi connectivity index (χ3n) is 0.858. The summed E-state index contributed by atoms with van der Waals surface area (Å²) in [5.41, 5.74) is 0. The van der Waals surface area contributed by atoms with Crippen molar-refractivity contribution < 1.29 is 4.43 Å². The Morgan fingerprint density at radius 3 is 2.20 bits per heavy atom. The van der Waals surface area contributed by atoms with Gasteiger partial charge in [0, 0.05) is 6.10 Å². The average Bonchev–Trinajstić information content (AvgIpc) is 2.12. The molecule has 1 nitrogen and oxygen atoms in total. The van der Waals surface area contributed by atoms with Crippen LogP contribution in [0.5, 0.6) is 0 Å². The van der Waals surface area contributed by atoms with Crippen molar-refractivity contribution in [1.82, 2.24) is 0 Å². The van der Waals surface area contributed by atoms with E-state index in [2.05, 4.69) is 0 Å². The van der Waals surface area contributed by atoms with Gasteiger partial charge < -0.3 is 4.43 Å². The molecule has 0 heterocycles. The fraction of sp³-hybridized carbons (Fsp3) is 1.00. The topological polar surface area (TPSA) is 9.23 Å². The SMILES string of the molecule is [SiH3]OC1CC1. The molecule has 0 radical (unpaired) electrons. The Bertz CT molecular complexity index is 33.9. The summed E-state index contributed by atoms with van der Waals surface area (Å²) >= 11 is 0. The zero-order valence-electron chi connectivity index (χ0n) is 3.40. The minimum absolute atomic E-state index is 0.696. The lowest BCUT2D eigenvalue weighted by Crippen LogP contribution is -1.82. The average molecular weight is 88.2 g/mol. The number of rotatable bonds is 1. The van der Waals surface area contributed by atoms with E-state index in [9.17, 15) is 0 Å². The maximum absolute atomic E-state index is 5.00. The third kappa shape index (κ3) is 0.739. The molecule has 0 bridgehead atoms. The molecule has 1 rings (SSSR count). The van der Waals surface area contributed by atoms with Gasteiger partial charge in [0.15, 0.2) is 0 Å². The molecule has 0 aromatic carbocycles. The Morgan fingerprint density at radius 1 is 1.60 bits per heavy atom. The van der Waals surface area contributed by atoms with E-state index in [-0.39, 0.29) is 0 Å². The summed E-state index contributed by atoms with van der Waals surface area (Å²) < 4.78 is 5.00. The van der Waals surface area contributed by atoms with E-state index in [0.717, 1.165) is 10.5 Å². The van der Waals surface area contributed by atoms with Crippen LogP contribution in [0.15, 0.2) is 0 Å². The van der Waals surface area contributed by atoms with Crippen LogP contribution in [-0.2, 0) is 4.43 Å². The second-order valence-corrected chi connectivity index (χ2v) is 1.91. The lowest BCUT2D eigenvalue weighted by Gasteiger charge is -1.81. The zero-order chi connectivity index (χ0) is 3.70. The van der Waals surface area contributed by atoms with E-state index in [1.807, 2.05) is 0 Å². The van der Waals surface area contributed by atoms with Crippen molar-refractivity contribution in [3.05, 3.63) is 0 Å². The van der Waals surface area contributed by atoms with Crippen LogP contribution in [0, 0.1) is 0 Å². The van der Waals surface area contributed by atoms with Crippen LogP contribution in [0.25, 0.3) is 0 Å². The fourth-order valence-electron chi connectivity index (χ4n) is 0.304. The summed E-state index contributed by atoms with van der Waals surface area (Å²) in [7, 11) is 0.936. The maximum Gasteiger partial charge on any atom is 0.146 e. The van der Waals surface area contributed by atoms with E-state index in [0.29, 0.717) is 6.10 Å². The van der Waals surface area contributed by atoms with Gasteiger partial charge in [0.1, 0.15) is 10.5 Å². The summed E-state index contributed by atoms with van der Waals surface area (Å²) in [6.07, 6.45) is 3.34. The fourth-order valence-corrected chi connectivity index (χ4v) is 0.775. The normalized spacial score (nSPS) is 24.0. The van der Waals surface area contributed by atoms with Crippen LogP contribution in [0.4, 0.5) is 0 Å². The minimum atomic E-state index is 0.696. The van der Waals surface area contributed by atoms with Crippen molar-refractivity contribution in [2.45, 2.75) is 18.9 Å². The molecule has 1 aliphatic carbocycles. The van der Waals surface area contributed by atoms with Crippen molar-refractivity contribution in [3.8, 4) is 0 Å². The molecule has 0 atom stereocenters. The zero-order valence-corrected chi connectivity index (χ0v) is 5.40. The van der Waals surface area contributed by atoms with E-state index in [1.54, 1.807) is 0 Å². The molecule has 0 N–H and O–H groups in total. The standard InChI is InChI=1S/C3H8OSi/c5-4-3-1-2-3/h3H,1-2H2,5H3. The smallest absolute Gasteiger partial charge is 0.146 e. The minimum Gasteiger partial charge on any atom is -0.425 e. The first-order valence-electron chi connectivity index (χ1n) is 1.96. The number of hydrogen-bond donors (Lipinski definition) is 0. The second-order valence-electron chi connectivity index (χ2n) is 1.44. The second kappa shape index (κ2) is 1.10. The lowest BCUT2D eigenvalue weighted by atomic mass is 10.9. The summed E-state index contributed by atoms with van der Waals surface area (Å²) in [6.45, 7) is 0. The summed E-state index contributed by atoms with van der Waals surface area (Å²) in [4.78, 5) is 0. The third-order valence-corrected chi connectivity index (χ3v) is 1.52. The number of hydrogen-bond acceptors (Lipinski definition) is 1. The largest absolute Gasteiger partial charge is 0.425 e. The molecule has 0 spiro atoms. The lowest BCUT2D eigenvalue weighted by molar-refractivity contribution is 0.335. The van der Waals surface area contributed by atoms with Crippen LogP contribution in [0.3, 0.4) is 0 Å². The van der Waals surface area contributed by atoms with E-state index in [4.69, 9.17) is 4.43 Å². The van der Waals surface area contributed by atoms with Crippen LogP contribution in [0.1, 0.15) is 12.8 Å². The van der Waals surface area contributed by atoms with Crippen LogP contribution < -0.4 is 0 Å². The predicted octanol–water partition coefficient (Wildman–Crippen LogP) is -0.554. The summed E-state index contributed by atoms with van der Waals surface area (Å²) in [6, 6.07) is 0. The molecule has 0 aliphatic heterocycles. The van der Waals surface area contributed by atoms with Crippen molar-refractivity contribution in [3.63, 3.8) is 0 Å². The van der Waals surface area contributed by atoms with Crippen LogP contribution in [0.2, 0.25) is 0 Å². The van der Waals surface area contributed by atoms with Crippen LogP contribution >= 0.6 is 0 Å². The quantitative estimate of drug-likeness (QED) is 0.391. The molecule has 0 aromatic heterocycles. The predicted molar refractivity (Wildman–Crippen MR) is 24.0 cm³/mol. The van der Waals surface area contributed by atoms with Crippen LogP contribution in [-0.4, -0.2) is 16.6 Å². The first kappa shape index (κ1) is 3.37. The highest BCUT2D eigenvalue weighted by molar-refractivity contribution is 5.98. The molecular weight excluding hydrogens is 80.1 g/mol. The molecule has 30 valence electrons. The summed E-state index contributed by atoms with van der Waals surface area (Å²) in [5, 5.41) is 0. The van der Waals surface area contributed by atoms with Gasteiger partial charge in [-0.1, -0.05) is 0 Å². The van der Waals surface area contributed by atoms with Gasteiger partial charge >= 0.3 is 0 Å². The van der Waals surface area contributed by atoms with Gasteiger partial charge in [0.05, 0.1) is 0 Å². The molecule has 0 amide bonds. The maximum atomic E-state index is 5.00. The van der Waals surface area contributed by atoms with Gasteiger partial charge in [-0.05, 0) is 12.8 Å². The van der Waals surface area contributed by atoms with Gasteiger partial charge in [-0.2, -0.15) is 0 Å². The van der Waals surface area contributed by atoms with E-state index >= 15 is 0 Å². The molecule has 0 saturated heterocycles. The molecular formula is C3H8OSi. The van der Waals surface area contributed by atoms with Gasteiger partial charge in [0.2, 0.25) is 0 Å². The van der Waals surface area contributed by atoms with Crippen molar-refractivity contribution in [2.24, 2.45) is 0 Å². The molecule has 2 heteroatoms. The molecule has 5 heavy (non-hydrogen) atoms. The Labute approximate surface area is 34.9 Å². The highest BCUT2D eigenvalue weighted by Crippen LogP contribution is 2.21. The Balaban J connectivity index is 2.00. The van der Waals surface area contributed by atoms with Crippen molar-refractivity contribution in [2.75, 3.05) is 0 Å². The Kier molecular flexibility index (Phi) is 0.745. The van der Waals surface area contributed by atoms with Crippen molar-refractivity contribution in [1.29, 1.82) is 0 Å². The molecule has 0 aromatic rings. The van der Waals surface area contributed by atoms with E-state index in [1.165, 1.54) is 12.8 Å². The monoisotopic (exact) mass is 88.0 g/mol. The van der Waals surface area contributed by atoms with Gasteiger partial charge in [-0.15, -0.1) is 0 Å². The summed E-state index contributed by atoms with van der Waals surface area (Å²) in [5.74, 6) is 0. The highest BCUT2D eigenvalue weighted by Gasteiger charge is 2.18. The highest BCUT2D eigenvalue weighted by atomic mass is 28.2. The molecule has 0 unspecified atom stereocenters. The Hall–Kier alpha value is 0.177. The first-order valence-corrected chi connectivity index (χ1v) is 2.78. The van der Waals surface area contributed by atoms with Gasteiger partial charge in [0.25, 0.3) is 0 Å². The first-order chi connectivity index (χ1) is 2.43. The molecule has 1 aliphatic rings. The van der Waals surface area contributed by atoms with Crippen molar-refractivity contribution >= 4 is 10.5 Å².